The molecule has 0 saturated heterocycles. The predicted octanol–water partition coefficient (Wildman–Crippen LogP) is 4.12. The smallest absolute Gasteiger partial charge is 0.223 e. The number of benzene rings is 2. The second-order valence-electron chi connectivity index (χ2n) is 7.00. The molecule has 1 aliphatic carbocycles. The molecule has 4 rings (SSSR count). The highest BCUT2D eigenvalue weighted by Gasteiger charge is 2.37. The maximum atomic E-state index is 13.1. The predicted molar refractivity (Wildman–Crippen MR) is 105 cm³/mol. The van der Waals surface area contributed by atoms with Gasteiger partial charge in [-0.25, -0.2) is 9.37 Å². The summed E-state index contributed by atoms with van der Waals surface area (Å²) in [6.45, 7) is 0.487. The fourth-order valence-electron chi connectivity index (χ4n) is 3.49. The van der Waals surface area contributed by atoms with Crippen molar-refractivity contribution in [2.75, 3.05) is 6.54 Å². The lowest BCUT2D eigenvalue weighted by atomic mass is 9.69. The lowest BCUT2D eigenvalue weighted by molar-refractivity contribution is -0.128. The fourth-order valence-corrected chi connectivity index (χ4v) is 3.62. The molecular weight excluding hydrogens is 379 g/mol. The minimum absolute atomic E-state index is 0.0398. The Kier molecular flexibility index (Phi) is 5.39. The summed E-state index contributed by atoms with van der Waals surface area (Å²) >= 11 is 5.90. The van der Waals surface area contributed by atoms with E-state index >= 15 is 0 Å². The average molecular weight is 399 g/mol. The van der Waals surface area contributed by atoms with Gasteiger partial charge in [0.25, 0.3) is 0 Å². The summed E-state index contributed by atoms with van der Waals surface area (Å²) in [5.41, 5.74) is 1.91. The Morgan fingerprint density at radius 3 is 2.57 bits per heavy atom. The zero-order valence-electron chi connectivity index (χ0n) is 15.2. The number of carbonyl (C=O) groups excluding carboxylic acids is 1. The van der Waals surface area contributed by atoms with Crippen molar-refractivity contribution >= 4 is 17.5 Å². The Bertz CT molecular complexity index is 955. The molecule has 7 heteroatoms. The summed E-state index contributed by atoms with van der Waals surface area (Å²) in [7, 11) is 0. The van der Waals surface area contributed by atoms with Gasteiger partial charge in [-0.3, -0.25) is 9.89 Å². The second-order valence-corrected chi connectivity index (χ2v) is 7.43. The Balaban J connectivity index is 1.29. The third kappa shape index (κ3) is 4.07. The Hall–Kier alpha value is -2.73. The van der Waals surface area contributed by atoms with Crippen LogP contribution in [0.4, 0.5) is 4.39 Å². The topological polar surface area (TPSA) is 70.7 Å². The van der Waals surface area contributed by atoms with Crippen LogP contribution in [0.3, 0.4) is 0 Å². The van der Waals surface area contributed by atoms with Crippen molar-refractivity contribution in [1.29, 1.82) is 0 Å². The first kappa shape index (κ1) is 18.6. The fraction of sp³-hybridized carbons (Fsp3) is 0.286. The second kappa shape index (κ2) is 8.10. The van der Waals surface area contributed by atoms with Crippen LogP contribution in [0.15, 0.2) is 48.5 Å². The number of amides is 1. The number of nitrogens with one attached hydrogen (secondary N) is 2. The Labute approximate surface area is 167 Å². The molecule has 5 nitrogen and oxygen atoms in total. The van der Waals surface area contributed by atoms with Crippen molar-refractivity contribution in [3.63, 3.8) is 0 Å². The molecular formula is C21H20ClFN4O. The van der Waals surface area contributed by atoms with E-state index in [4.69, 9.17) is 11.6 Å². The van der Waals surface area contributed by atoms with Gasteiger partial charge in [-0.2, -0.15) is 5.10 Å². The zero-order valence-corrected chi connectivity index (χ0v) is 15.9. The normalized spacial score (nSPS) is 18.5. The minimum Gasteiger partial charge on any atom is -0.355 e. The molecule has 2 unspecified atom stereocenters. The number of nitrogens with zero attached hydrogens (tertiary/aromatic N) is 2. The number of H-pyrrole nitrogens is 1. The van der Waals surface area contributed by atoms with Crippen molar-refractivity contribution in [3.8, 4) is 11.4 Å². The van der Waals surface area contributed by atoms with Gasteiger partial charge in [-0.05, 0) is 60.7 Å². The van der Waals surface area contributed by atoms with Crippen molar-refractivity contribution in [2.45, 2.75) is 25.2 Å². The van der Waals surface area contributed by atoms with Crippen LogP contribution in [0.2, 0.25) is 5.02 Å². The van der Waals surface area contributed by atoms with E-state index in [2.05, 4.69) is 20.5 Å². The lowest BCUT2D eigenvalue weighted by Gasteiger charge is -2.35. The molecule has 1 saturated carbocycles. The van der Waals surface area contributed by atoms with Crippen molar-refractivity contribution < 1.29 is 9.18 Å². The number of hydrogen-bond donors (Lipinski definition) is 2. The van der Waals surface area contributed by atoms with Crippen LogP contribution in [-0.4, -0.2) is 27.6 Å². The molecule has 144 valence electrons. The van der Waals surface area contributed by atoms with Gasteiger partial charge in [0.2, 0.25) is 5.91 Å². The highest BCUT2D eigenvalue weighted by Crippen LogP contribution is 2.42. The summed E-state index contributed by atoms with van der Waals surface area (Å²) in [5.74, 6) is 1.22. The molecule has 3 aromatic rings. The number of aromatic nitrogens is 3. The molecule has 0 bridgehead atoms. The maximum Gasteiger partial charge on any atom is 0.223 e. The molecule has 0 radical (unpaired) electrons. The number of rotatable bonds is 6. The zero-order chi connectivity index (χ0) is 19.5. The Morgan fingerprint density at radius 1 is 1.14 bits per heavy atom. The van der Waals surface area contributed by atoms with E-state index in [9.17, 15) is 9.18 Å². The van der Waals surface area contributed by atoms with Crippen molar-refractivity contribution in [3.05, 3.63) is 70.8 Å². The van der Waals surface area contributed by atoms with Crippen LogP contribution >= 0.6 is 11.6 Å². The summed E-state index contributed by atoms with van der Waals surface area (Å²) in [4.78, 5) is 16.9. The highest BCUT2D eigenvalue weighted by atomic mass is 35.5. The van der Waals surface area contributed by atoms with E-state index in [1.807, 2.05) is 12.1 Å². The first-order valence-electron chi connectivity index (χ1n) is 9.30. The van der Waals surface area contributed by atoms with Gasteiger partial charge in [-0.15, -0.1) is 0 Å². The van der Waals surface area contributed by atoms with Crippen LogP contribution in [0, 0.1) is 11.7 Å². The van der Waals surface area contributed by atoms with Crippen LogP contribution < -0.4 is 5.32 Å². The maximum absolute atomic E-state index is 13.1. The number of hydrogen-bond acceptors (Lipinski definition) is 3. The quantitative estimate of drug-likeness (QED) is 0.656. The molecule has 0 spiro atoms. The first-order chi connectivity index (χ1) is 13.6. The van der Waals surface area contributed by atoms with Crippen LogP contribution in [-0.2, 0) is 11.2 Å². The standard InChI is InChI=1S/C21H20ClFN4O/c22-15-5-1-14(2-6-15)20-25-19(26-27-20)11-12-24-21(28)18-10-9-17(18)13-3-7-16(23)8-4-13/h1-8,17-18H,9-12H2,(H,24,28)(H,25,26,27). The van der Waals surface area contributed by atoms with Crippen LogP contribution in [0.1, 0.15) is 30.1 Å². The number of carbonyl (C=O) groups is 1. The number of aromatic amines is 1. The summed E-state index contributed by atoms with van der Waals surface area (Å²) in [6.07, 6.45) is 2.38. The minimum atomic E-state index is -0.255. The molecule has 2 atom stereocenters. The molecule has 1 aromatic heterocycles. The van der Waals surface area contributed by atoms with E-state index in [0.29, 0.717) is 29.6 Å². The van der Waals surface area contributed by atoms with Gasteiger partial charge >= 0.3 is 0 Å². The first-order valence-corrected chi connectivity index (χ1v) is 9.68. The van der Waals surface area contributed by atoms with Gasteiger partial charge in [-0.1, -0.05) is 23.7 Å². The summed E-state index contributed by atoms with van der Waals surface area (Å²) in [6, 6.07) is 13.8. The van der Waals surface area contributed by atoms with Gasteiger partial charge in [0, 0.05) is 29.5 Å². The van der Waals surface area contributed by atoms with Gasteiger partial charge in [0.05, 0.1) is 0 Å². The molecule has 2 N–H and O–H groups in total. The average Bonchev–Trinajstić information content (AvgIpc) is 3.12. The van der Waals surface area contributed by atoms with Gasteiger partial charge in [0.15, 0.2) is 5.82 Å². The van der Waals surface area contributed by atoms with Crippen LogP contribution in [0.5, 0.6) is 0 Å². The van der Waals surface area contributed by atoms with E-state index in [1.165, 1.54) is 12.1 Å². The third-order valence-electron chi connectivity index (χ3n) is 5.20. The molecule has 1 aliphatic rings. The molecule has 0 aliphatic heterocycles. The van der Waals surface area contributed by atoms with Crippen molar-refractivity contribution in [1.82, 2.24) is 20.5 Å². The molecule has 1 heterocycles. The van der Waals surface area contributed by atoms with Crippen LogP contribution in [0.25, 0.3) is 11.4 Å². The molecule has 2 aromatic carbocycles. The van der Waals surface area contributed by atoms with Crippen molar-refractivity contribution in [2.24, 2.45) is 5.92 Å². The molecule has 1 fully saturated rings. The SMILES string of the molecule is O=C(NCCc1nc(-c2ccc(Cl)cc2)n[nH]1)C1CCC1c1ccc(F)cc1. The highest BCUT2D eigenvalue weighted by molar-refractivity contribution is 6.30. The van der Waals surface area contributed by atoms with E-state index in [1.54, 1.807) is 24.3 Å². The summed E-state index contributed by atoms with van der Waals surface area (Å²) in [5, 5.41) is 10.8. The van der Waals surface area contributed by atoms with Gasteiger partial charge < -0.3 is 5.32 Å². The van der Waals surface area contributed by atoms with E-state index < -0.39 is 0 Å². The third-order valence-corrected chi connectivity index (χ3v) is 5.46. The monoisotopic (exact) mass is 398 g/mol. The molecule has 28 heavy (non-hydrogen) atoms. The lowest BCUT2D eigenvalue weighted by Crippen LogP contribution is -2.40. The largest absolute Gasteiger partial charge is 0.355 e. The molecule has 1 amide bonds. The Morgan fingerprint density at radius 2 is 1.89 bits per heavy atom. The van der Waals surface area contributed by atoms with E-state index in [0.717, 1.165) is 24.0 Å². The van der Waals surface area contributed by atoms with E-state index in [-0.39, 0.29) is 23.6 Å². The van der Waals surface area contributed by atoms with Gasteiger partial charge in [0.1, 0.15) is 11.6 Å². The summed E-state index contributed by atoms with van der Waals surface area (Å²) < 4.78 is 13.1. The number of halogens is 2.